The third kappa shape index (κ3) is 7.92. The fourth-order valence-electron chi connectivity index (χ4n) is 3.12. The number of nitrogens with one attached hydrogen (secondary N) is 2. The summed E-state index contributed by atoms with van der Waals surface area (Å²) in [6.45, 7) is 19.3. The van der Waals surface area contributed by atoms with Crippen LogP contribution >= 0.6 is 0 Å². The maximum atomic E-state index is 5.63. The second kappa shape index (κ2) is 11.0. The Bertz CT molecular complexity index is 387. The second-order valence-electron chi connectivity index (χ2n) is 8.15. The molecule has 0 aromatic rings. The fourth-order valence-corrected chi connectivity index (χ4v) is 3.12. The van der Waals surface area contributed by atoms with Crippen LogP contribution < -0.4 is 10.6 Å². The van der Waals surface area contributed by atoms with Crippen molar-refractivity contribution < 1.29 is 9.47 Å². The average molecular weight is 357 g/mol. The molecule has 0 bridgehead atoms. The minimum Gasteiger partial charge on any atom is -0.379 e. The van der Waals surface area contributed by atoms with Crippen molar-refractivity contribution in [3.63, 3.8) is 0 Å². The molecule has 6 nitrogen and oxygen atoms in total. The lowest BCUT2D eigenvalue weighted by molar-refractivity contribution is 0.00861. The standard InChI is InChI=1S/C19H40N4O2/c1-8-20-18(22-14-17(24-7)19(4,5)6)21-13-16(15(2)3)23-9-11-25-12-10-23/h15-17H,8-14H2,1-7H3,(H2,20,21,22). The lowest BCUT2D eigenvalue weighted by Gasteiger charge is -2.36. The van der Waals surface area contributed by atoms with Crippen LogP contribution in [0.3, 0.4) is 0 Å². The summed E-state index contributed by atoms with van der Waals surface area (Å²) in [6.07, 6.45) is 0.136. The number of aliphatic imine (C=N–C) groups is 1. The molecule has 0 spiro atoms. The van der Waals surface area contributed by atoms with Gasteiger partial charge in [0.15, 0.2) is 5.96 Å². The van der Waals surface area contributed by atoms with Crippen molar-refractivity contribution in [3.8, 4) is 0 Å². The monoisotopic (exact) mass is 356 g/mol. The van der Waals surface area contributed by atoms with Gasteiger partial charge in [-0.1, -0.05) is 34.6 Å². The van der Waals surface area contributed by atoms with Gasteiger partial charge in [-0.3, -0.25) is 9.89 Å². The van der Waals surface area contributed by atoms with E-state index in [1.165, 1.54) is 0 Å². The molecule has 2 N–H and O–H groups in total. The van der Waals surface area contributed by atoms with E-state index in [1.54, 1.807) is 7.11 Å². The number of rotatable bonds is 8. The Hall–Kier alpha value is -0.850. The topological polar surface area (TPSA) is 58.1 Å². The number of ether oxygens (including phenoxy) is 2. The molecular formula is C19H40N4O2. The van der Waals surface area contributed by atoms with Gasteiger partial charge in [0, 0.05) is 39.3 Å². The van der Waals surface area contributed by atoms with E-state index in [9.17, 15) is 0 Å². The largest absolute Gasteiger partial charge is 0.379 e. The van der Waals surface area contributed by atoms with E-state index < -0.39 is 0 Å². The normalized spacial score (nSPS) is 19.8. The molecule has 25 heavy (non-hydrogen) atoms. The molecular weight excluding hydrogens is 316 g/mol. The van der Waals surface area contributed by atoms with Crippen molar-refractivity contribution in [1.29, 1.82) is 0 Å². The van der Waals surface area contributed by atoms with E-state index in [4.69, 9.17) is 14.5 Å². The summed E-state index contributed by atoms with van der Waals surface area (Å²) in [6, 6.07) is 0.445. The molecule has 1 fully saturated rings. The highest BCUT2D eigenvalue weighted by Crippen LogP contribution is 2.21. The van der Waals surface area contributed by atoms with Gasteiger partial charge in [0.05, 0.1) is 25.9 Å². The molecule has 2 atom stereocenters. The molecule has 1 rings (SSSR count). The second-order valence-corrected chi connectivity index (χ2v) is 8.15. The van der Waals surface area contributed by atoms with E-state index in [0.717, 1.165) is 51.9 Å². The van der Waals surface area contributed by atoms with E-state index in [-0.39, 0.29) is 11.5 Å². The van der Waals surface area contributed by atoms with E-state index in [0.29, 0.717) is 12.0 Å². The molecule has 1 saturated heterocycles. The molecule has 1 aliphatic rings. The van der Waals surface area contributed by atoms with E-state index in [1.807, 2.05) is 0 Å². The Morgan fingerprint density at radius 2 is 1.84 bits per heavy atom. The molecule has 1 aliphatic heterocycles. The predicted octanol–water partition coefficient (Wildman–Crippen LogP) is 1.96. The number of hydrogen-bond donors (Lipinski definition) is 2. The number of morpholine rings is 1. The van der Waals surface area contributed by atoms with Gasteiger partial charge in [-0.25, -0.2) is 0 Å². The highest BCUT2D eigenvalue weighted by molar-refractivity contribution is 5.79. The van der Waals surface area contributed by atoms with Crippen LogP contribution in [0.5, 0.6) is 0 Å². The quantitative estimate of drug-likeness (QED) is 0.514. The Morgan fingerprint density at radius 3 is 2.32 bits per heavy atom. The highest BCUT2D eigenvalue weighted by atomic mass is 16.5. The van der Waals surface area contributed by atoms with Crippen LogP contribution in [-0.4, -0.2) is 76.1 Å². The van der Waals surface area contributed by atoms with Crippen LogP contribution in [-0.2, 0) is 9.47 Å². The Kier molecular flexibility index (Phi) is 9.75. The third-order valence-corrected chi connectivity index (χ3v) is 4.77. The number of nitrogens with zero attached hydrogens (tertiary/aromatic N) is 2. The van der Waals surface area contributed by atoms with Crippen LogP contribution in [0.2, 0.25) is 0 Å². The summed E-state index contributed by atoms with van der Waals surface area (Å²) < 4.78 is 11.1. The van der Waals surface area contributed by atoms with Crippen LogP contribution in [0.1, 0.15) is 41.5 Å². The van der Waals surface area contributed by atoms with Crippen LogP contribution in [0.4, 0.5) is 0 Å². The van der Waals surface area contributed by atoms with Gasteiger partial charge >= 0.3 is 0 Å². The molecule has 1 heterocycles. The lowest BCUT2D eigenvalue weighted by atomic mass is 9.89. The average Bonchev–Trinajstić information content (AvgIpc) is 2.54. The number of hydrogen-bond acceptors (Lipinski definition) is 4. The summed E-state index contributed by atoms with van der Waals surface area (Å²) in [5, 5.41) is 6.80. The lowest BCUT2D eigenvalue weighted by Crippen LogP contribution is -2.49. The van der Waals surface area contributed by atoms with Crippen LogP contribution in [0.15, 0.2) is 4.99 Å². The van der Waals surface area contributed by atoms with Crippen molar-refractivity contribution >= 4 is 5.96 Å². The smallest absolute Gasteiger partial charge is 0.191 e. The first-order valence-electron chi connectivity index (χ1n) is 9.66. The van der Waals surface area contributed by atoms with Gasteiger partial charge in [0.2, 0.25) is 0 Å². The number of methoxy groups -OCH3 is 1. The van der Waals surface area contributed by atoms with Gasteiger partial charge in [0.1, 0.15) is 0 Å². The van der Waals surface area contributed by atoms with E-state index >= 15 is 0 Å². The zero-order valence-corrected chi connectivity index (χ0v) is 17.4. The van der Waals surface area contributed by atoms with Crippen LogP contribution in [0.25, 0.3) is 0 Å². The fraction of sp³-hybridized carbons (Fsp3) is 0.947. The molecule has 0 aromatic heterocycles. The van der Waals surface area contributed by atoms with Crippen molar-refractivity contribution in [2.24, 2.45) is 16.3 Å². The summed E-state index contributed by atoms with van der Waals surface area (Å²) in [5.74, 6) is 1.43. The zero-order chi connectivity index (χ0) is 18.9. The van der Waals surface area contributed by atoms with Crippen LogP contribution in [0, 0.1) is 11.3 Å². The minimum atomic E-state index is 0.0906. The first-order chi connectivity index (χ1) is 11.8. The molecule has 0 aliphatic carbocycles. The molecule has 0 saturated carbocycles. The summed E-state index contributed by atoms with van der Waals surface area (Å²) >= 11 is 0. The van der Waals surface area contributed by atoms with Crippen molar-refractivity contribution in [2.75, 3.05) is 53.0 Å². The maximum absolute atomic E-state index is 5.63. The van der Waals surface area contributed by atoms with Gasteiger partial charge in [0.25, 0.3) is 0 Å². The molecule has 148 valence electrons. The van der Waals surface area contributed by atoms with Gasteiger partial charge < -0.3 is 20.1 Å². The van der Waals surface area contributed by atoms with Crippen molar-refractivity contribution in [3.05, 3.63) is 0 Å². The van der Waals surface area contributed by atoms with Crippen molar-refractivity contribution in [2.45, 2.75) is 53.7 Å². The summed E-state index contributed by atoms with van der Waals surface area (Å²) in [7, 11) is 1.77. The molecule has 0 amide bonds. The molecule has 0 aromatic carbocycles. The summed E-state index contributed by atoms with van der Waals surface area (Å²) in [5.41, 5.74) is 0.0906. The predicted molar refractivity (Wildman–Crippen MR) is 105 cm³/mol. The van der Waals surface area contributed by atoms with E-state index in [2.05, 4.69) is 57.1 Å². The van der Waals surface area contributed by atoms with Gasteiger partial charge in [-0.2, -0.15) is 0 Å². The Labute approximate surface area is 154 Å². The van der Waals surface area contributed by atoms with Gasteiger partial charge in [-0.05, 0) is 18.3 Å². The first-order valence-corrected chi connectivity index (χ1v) is 9.66. The summed E-state index contributed by atoms with van der Waals surface area (Å²) in [4.78, 5) is 7.36. The zero-order valence-electron chi connectivity index (χ0n) is 17.4. The third-order valence-electron chi connectivity index (χ3n) is 4.77. The Morgan fingerprint density at radius 1 is 1.20 bits per heavy atom. The highest BCUT2D eigenvalue weighted by Gasteiger charge is 2.25. The van der Waals surface area contributed by atoms with Crippen molar-refractivity contribution in [1.82, 2.24) is 15.5 Å². The molecule has 6 heteroatoms. The molecule has 0 radical (unpaired) electrons. The molecule has 2 unspecified atom stereocenters. The Balaban J connectivity index is 2.68. The maximum Gasteiger partial charge on any atom is 0.191 e. The van der Waals surface area contributed by atoms with Gasteiger partial charge in [-0.15, -0.1) is 0 Å². The minimum absolute atomic E-state index is 0.0906. The number of guanidine groups is 1. The first kappa shape index (κ1) is 22.2. The SMILES string of the molecule is CCNC(=NCC(C(C)C)N1CCOCC1)NCC(OC)C(C)(C)C.